The molecule has 0 aromatic heterocycles. The van der Waals surface area contributed by atoms with Gasteiger partial charge in [-0.25, -0.2) is 12.8 Å². The lowest BCUT2D eigenvalue weighted by molar-refractivity contribution is 0.102. The molecule has 0 unspecified atom stereocenters. The first-order valence-corrected chi connectivity index (χ1v) is 12.5. The highest BCUT2D eigenvalue weighted by molar-refractivity contribution is 7.93. The average Bonchev–Trinajstić information content (AvgIpc) is 2.86. The first-order valence-electron chi connectivity index (χ1n) is 11.0. The Kier molecular flexibility index (Phi) is 7.23. The second kappa shape index (κ2) is 10.3. The van der Waals surface area contributed by atoms with Crippen molar-refractivity contribution >= 4 is 33.0 Å². The smallest absolute Gasteiger partial charge is 0.264 e. The van der Waals surface area contributed by atoms with Crippen molar-refractivity contribution < 1.29 is 27.1 Å². The Morgan fingerprint density at radius 3 is 2.54 bits per heavy atom. The standard InChI is InChI=1S/C25H26FN3O5S/c1-17-7-8-18(26)15-20(17)25(30)27-19-9-10-22(29-11-13-34-14-12-29)24(16-19)35(31,32)28-21-5-3-4-6-23(21)33-2/h3-10,15-16,28H,11-14H2,1-2H3,(H,27,30). The monoisotopic (exact) mass is 499 g/mol. The number of morpholine rings is 1. The number of carbonyl (C=O) groups is 1. The van der Waals surface area contributed by atoms with Crippen LogP contribution in [0.5, 0.6) is 5.75 Å². The number of nitrogens with zero attached hydrogens (tertiary/aromatic N) is 1. The molecule has 0 radical (unpaired) electrons. The van der Waals surface area contributed by atoms with Gasteiger partial charge < -0.3 is 19.7 Å². The van der Waals surface area contributed by atoms with Crippen LogP contribution in [0.15, 0.2) is 65.6 Å². The molecule has 1 saturated heterocycles. The van der Waals surface area contributed by atoms with Crippen molar-refractivity contribution in [3.8, 4) is 5.75 Å². The maximum atomic E-state index is 13.7. The summed E-state index contributed by atoms with van der Waals surface area (Å²) in [6, 6.07) is 15.3. The van der Waals surface area contributed by atoms with Gasteiger partial charge in [0.05, 0.1) is 31.7 Å². The Labute approximate surface area is 203 Å². The van der Waals surface area contributed by atoms with Crippen LogP contribution in [0.1, 0.15) is 15.9 Å². The summed E-state index contributed by atoms with van der Waals surface area (Å²) in [5.41, 5.74) is 1.79. The van der Waals surface area contributed by atoms with Crippen LogP contribution < -0.4 is 19.7 Å². The lowest BCUT2D eigenvalue weighted by Crippen LogP contribution is -2.37. The van der Waals surface area contributed by atoms with Gasteiger partial charge in [-0.3, -0.25) is 9.52 Å². The summed E-state index contributed by atoms with van der Waals surface area (Å²) in [6.07, 6.45) is 0. The van der Waals surface area contributed by atoms with Gasteiger partial charge in [0.1, 0.15) is 16.5 Å². The molecule has 3 aromatic rings. The van der Waals surface area contributed by atoms with Crippen LogP contribution in [-0.4, -0.2) is 47.7 Å². The molecule has 184 valence electrons. The van der Waals surface area contributed by atoms with E-state index in [0.717, 1.165) is 6.07 Å². The number of hydrogen-bond acceptors (Lipinski definition) is 6. The Morgan fingerprint density at radius 1 is 1.06 bits per heavy atom. The fourth-order valence-electron chi connectivity index (χ4n) is 3.84. The number of nitrogens with one attached hydrogen (secondary N) is 2. The van der Waals surface area contributed by atoms with Crippen LogP contribution in [0, 0.1) is 12.7 Å². The highest BCUT2D eigenvalue weighted by Crippen LogP contribution is 2.33. The molecule has 1 aliphatic rings. The Balaban J connectivity index is 1.72. The minimum absolute atomic E-state index is 0.0147. The maximum Gasteiger partial charge on any atom is 0.264 e. The van der Waals surface area contributed by atoms with E-state index in [1.54, 1.807) is 43.3 Å². The molecule has 1 amide bonds. The van der Waals surface area contributed by atoms with Crippen molar-refractivity contribution in [3.63, 3.8) is 0 Å². The molecule has 4 rings (SSSR count). The number of sulfonamides is 1. The third-order valence-electron chi connectivity index (χ3n) is 5.65. The van der Waals surface area contributed by atoms with E-state index in [0.29, 0.717) is 43.3 Å². The predicted octanol–water partition coefficient (Wildman–Crippen LogP) is 4.03. The maximum absolute atomic E-state index is 13.7. The number of carbonyl (C=O) groups excluding carboxylic acids is 1. The van der Waals surface area contributed by atoms with Crippen molar-refractivity contribution in [2.75, 3.05) is 48.4 Å². The van der Waals surface area contributed by atoms with Gasteiger partial charge in [-0.15, -0.1) is 0 Å². The molecule has 0 aliphatic carbocycles. The molecule has 35 heavy (non-hydrogen) atoms. The Hall–Kier alpha value is -3.63. The Morgan fingerprint density at radius 2 is 1.80 bits per heavy atom. The molecule has 0 atom stereocenters. The fraction of sp³-hybridized carbons (Fsp3) is 0.240. The second-order valence-corrected chi connectivity index (χ2v) is 9.65. The molecule has 10 heteroatoms. The highest BCUT2D eigenvalue weighted by Gasteiger charge is 2.25. The molecular weight excluding hydrogens is 473 g/mol. The van der Waals surface area contributed by atoms with Gasteiger partial charge >= 0.3 is 0 Å². The molecule has 1 aliphatic heterocycles. The van der Waals surface area contributed by atoms with Gasteiger partial charge in [0.2, 0.25) is 0 Å². The molecule has 2 N–H and O–H groups in total. The summed E-state index contributed by atoms with van der Waals surface area (Å²) >= 11 is 0. The second-order valence-electron chi connectivity index (χ2n) is 8.00. The number of halogens is 1. The third kappa shape index (κ3) is 5.55. The van der Waals surface area contributed by atoms with Gasteiger partial charge in [-0.2, -0.15) is 0 Å². The minimum Gasteiger partial charge on any atom is -0.495 e. The van der Waals surface area contributed by atoms with E-state index in [1.165, 1.54) is 25.3 Å². The molecule has 0 bridgehead atoms. The summed E-state index contributed by atoms with van der Waals surface area (Å²) in [6.45, 7) is 3.67. The zero-order valence-corrected chi connectivity index (χ0v) is 20.2. The first-order chi connectivity index (χ1) is 16.8. The van der Waals surface area contributed by atoms with Crippen LogP contribution in [0.2, 0.25) is 0 Å². The molecule has 3 aromatic carbocycles. The van der Waals surface area contributed by atoms with Crippen molar-refractivity contribution in [2.24, 2.45) is 0 Å². The van der Waals surface area contributed by atoms with Crippen LogP contribution in [-0.2, 0) is 14.8 Å². The number of benzene rings is 3. The summed E-state index contributed by atoms with van der Waals surface area (Å²) in [4.78, 5) is 14.7. The van der Waals surface area contributed by atoms with Crippen LogP contribution in [0.3, 0.4) is 0 Å². The first kappa shape index (κ1) is 24.5. The number of anilines is 3. The zero-order chi connectivity index (χ0) is 25.0. The summed E-state index contributed by atoms with van der Waals surface area (Å²) < 4.78 is 54.1. The number of aryl methyl sites for hydroxylation is 1. The summed E-state index contributed by atoms with van der Waals surface area (Å²) in [5, 5.41) is 2.69. The number of para-hydroxylation sites is 2. The van der Waals surface area contributed by atoms with Gasteiger partial charge in [0, 0.05) is 24.3 Å². The van der Waals surface area contributed by atoms with E-state index in [1.807, 2.05) is 4.90 Å². The number of ether oxygens (including phenoxy) is 2. The molecule has 8 nitrogen and oxygen atoms in total. The minimum atomic E-state index is -4.09. The van der Waals surface area contributed by atoms with Crippen LogP contribution in [0.4, 0.5) is 21.5 Å². The molecule has 0 saturated carbocycles. The average molecular weight is 500 g/mol. The normalized spacial score (nSPS) is 13.9. The van der Waals surface area contributed by atoms with Gasteiger partial charge in [0.15, 0.2) is 0 Å². The van der Waals surface area contributed by atoms with E-state index in [9.17, 15) is 17.6 Å². The summed E-state index contributed by atoms with van der Waals surface area (Å²) in [7, 11) is -2.63. The van der Waals surface area contributed by atoms with Crippen molar-refractivity contribution in [3.05, 3.63) is 77.6 Å². The lowest BCUT2D eigenvalue weighted by atomic mass is 10.1. The summed E-state index contributed by atoms with van der Waals surface area (Å²) in [5.74, 6) is -0.704. The van der Waals surface area contributed by atoms with Gasteiger partial charge in [-0.1, -0.05) is 18.2 Å². The van der Waals surface area contributed by atoms with E-state index in [4.69, 9.17) is 9.47 Å². The quantitative estimate of drug-likeness (QED) is 0.510. The number of rotatable bonds is 7. The van der Waals surface area contributed by atoms with E-state index >= 15 is 0 Å². The van der Waals surface area contributed by atoms with Crippen molar-refractivity contribution in [2.45, 2.75) is 11.8 Å². The van der Waals surface area contributed by atoms with Crippen LogP contribution in [0.25, 0.3) is 0 Å². The lowest BCUT2D eigenvalue weighted by Gasteiger charge is -2.30. The zero-order valence-electron chi connectivity index (χ0n) is 19.4. The molecule has 1 heterocycles. The van der Waals surface area contributed by atoms with Crippen molar-refractivity contribution in [1.82, 2.24) is 0 Å². The van der Waals surface area contributed by atoms with E-state index < -0.39 is 21.7 Å². The topological polar surface area (TPSA) is 97.0 Å². The number of amides is 1. The van der Waals surface area contributed by atoms with Crippen LogP contribution >= 0.6 is 0 Å². The third-order valence-corrected chi connectivity index (χ3v) is 7.05. The molecule has 0 spiro atoms. The molecule has 1 fully saturated rings. The predicted molar refractivity (Wildman–Crippen MR) is 132 cm³/mol. The van der Waals surface area contributed by atoms with E-state index in [-0.39, 0.29) is 21.8 Å². The van der Waals surface area contributed by atoms with Gasteiger partial charge in [-0.05, 0) is 55.0 Å². The van der Waals surface area contributed by atoms with E-state index in [2.05, 4.69) is 10.0 Å². The SMILES string of the molecule is COc1ccccc1NS(=O)(=O)c1cc(NC(=O)c2cc(F)ccc2C)ccc1N1CCOCC1. The highest BCUT2D eigenvalue weighted by atomic mass is 32.2. The van der Waals surface area contributed by atoms with Gasteiger partial charge in [0.25, 0.3) is 15.9 Å². The molecular formula is C25H26FN3O5S. The number of hydrogen-bond donors (Lipinski definition) is 2. The van der Waals surface area contributed by atoms with Crippen molar-refractivity contribution in [1.29, 1.82) is 0 Å². The fourth-order valence-corrected chi connectivity index (χ4v) is 5.16. The Bertz CT molecular complexity index is 1340. The number of methoxy groups -OCH3 is 1. The largest absolute Gasteiger partial charge is 0.495 e.